The Balaban J connectivity index is 1.75. The van der Waals surface area contributed by atoms with E-state index in [2.05, 4.69) is 10.6 Å². The van der Waals surface area contributed by atoms with Gasteiger partial charge in [-0.2, -0.15) is 0 Å². The van der Waals surface area contributed by atoms with Crippen molar-refractivity contribution in [2.75, 3.05) is 13.2 Å². The van der Waals surface area contributed by atoms with Crippen molar-refractivity contribution in [3.8, 4) is 0 Å². The molecule has 1 aromatic rings. The first-order chi connectivity index (χ1) is 9.29. The van der Waals surface area contributed by atoms with Gasteiger partial charge in [0.2, 0.25) is 0 Å². The number of rotatable bonds is 5. The predicted octanol–water partition coefficient (Wildman–Crippen LogP) is 1.03. The second-order valence-electron chi connectivity index (χ2n) is 4.67. The number of benzene rings is 1. The fourth-order valence-corrected chi connectivity index (χ4v) is 2.30. The van der Waals surface area contributed by atoms with E-state index in [1.165, 1.54) is 0 Å². The normalized spacial score (nSPS) is 22.2. The molecule has 0 aliphatic carbocycles. The third-order valence-electron chi connectivity index (χ3n) is 3.30. The molecule has 0 aromatic heterocycles. The highest BCUT2D eigenvalue weighted by molar-refractivity contribution is 5.67. The number of hydrogen-bond acceptors (Lipinski definition) is 4. The van der Waals surface area contributed by atoms with E-state index in [9.17, 15) is 4.79 Å². The third-order valence-corrected chi connectivity index (χ3v) is 3.30. The summed E-state index contributed by atoms with van der Waals surface area (Å²) in [6.45, 7) is 1.25. The maximum Gasteiger partial charge on any atom is 0.407 e. The smallest absolute Gasteiger partial charge is 0.407 e. The standard InChI is InChI=1S/C14H20N2O3/c17-9-7-12-13(6-8-15-12)16-14(18)19-10-11-4-2-1-3-5-11/h1-5,12-13,15,17H,6-10H2,(H,16,18)/t12-,13-/m1/s1. The Morgan fingerprint density at radius 3 is 2.95 bits per heavy atom. The lowest BCUT2D eigenvalue weighted by atomic mass is 10.1. The first-order valence-electron chi connectivity index (χ1n) is 6.61. The zero-order chi connectivity index (χ0) is 13.5. The van der Waals surface area contributed by atoms with Crippen LogP contribution in [0.25, 0.3) is 0 Å². The fourth-order valence-electron chi connectivity index (χ4n) is 2.30. The van der Waals surface area contributed by atoms with Gasteiger partial charge in [0, 0.05) is 18.7 Å². The van der Waals surface area contributed by atoms with E-state index < -0.39 is 6.09 Å². The number of hydrogen-bond donors (Lipinski definition) is 3. The minimum absolute atomic E-state index is 0.0374. The van der Waals surface area contributed by atoms with Crippen LogP contribution in [-0.4, -0.2) is 36.4 Å². The molecular formula is C14H20N2O3. The van der Waals surface area contributed by atoms with Gasteiger partial charge in [-0.25, -0.2) is 4.79 Å². The molecule has 1 aliphatic heterocycles. The predicted molar refractivity (Wildman–Crippen MR) is 71.7 cm³/mol. The lowest BCUT2D eigenvalue weighted by Gasteiger charge is -2.19. The summed E-state index contributed by atoms with van der Waals surface area (Å²) in [4.78, 5) is 11.7. The van der Waals surface area contributed by atoms with Crippen molar-refractivity contribution in [3.05, 3.63) is 35.9 Å². The number of alkyl carbamates (subject to hydrolysis) is 1. The Bertz CT molecular complexity index is 397. The Kier molecular flexibility index (Phi) is 5.18. The summed E-state index contributed by atoms with van der Waals surface area (Å²) in [5, 5.41) is 15.1. The summed E-state index contributed by atoms with van der Waals surface area (Å²) in [7, 11) is 0. The summed E-state index contributed by atoms with van der Waals surface area (Å²) in [6.07, 6.45) is 1.11. The SMILES string of the molecule is O=C(N[C@@H]1CCN[C@@H]1CCO)OCc1ccccc1. The number of carbonyl (C=O) groups excluding carboxylic acids is 1. The number of amides is 1. The Morgan fingerprint density at radius 2 is 2.21 bits per heavy atom. The molecule has 1 amide bonds. The Morgan fingerprint density at radius 1 is 1.42 bits per heavy atom. The molecule has 1 aromatic carbocycles. The van der Waals surface area contributed by atoms with Gasteiger partial charge in [-0.05, 0) is 24.9 Å². The zero-order valence-corrected chi connectivity index (χ0v) is 10.8. The number of aliphatic hydroxyl groups is 1. The molecule has 1 heterocycles. The van der Waals surface area contributed by atoms with Gasteiger partial charge in [0.05, 0.1) is 0 Å². The molecule has 0 radical (unpaired) electrons. The molecule has 5 heteroatoms. The second-order valence-corrected chi connectivity index (χ2v) is 4.67. The van der Waals surface area contributed by atoms with Crippen molar-refractivity contribution in [1.82, 2.24) is 10.6 Å². The van der Waals surface area contributed by atoms with Crippen LogP contribution >= 0.6 is 0 Å². The minimum atomic E-state index is -0.402. The molecular weight excluding hydrogens is 244 g/mol. The summed E-state index contributed by atoms with van der Waals surface area (Å²) in [5.74, 6) is 0. The Hall–Kier alpha value is -1.59. The van der Waals surface area contributed by atoms with E-state index in [0.717, 1.165) is 18.5 Å². The molecule has 19 heavy (non-hydrogen) atoms. The number of aliphatic hydroxyl groups excluding tert-OH is 1. The van der Waals surface area contributed by atoms with Gasteiger partial charge in [-0.15, -0.1) is 0 Å². The highest BCUT2D eigenvalue weighted by Crippen LogP contribution is 2.10. The second kappa shape index (κ2) is 7.11. The molecule has 0 saturated carbocycles. The van der Waals surface area contributed by atoms with Crippen LogP contribution in [0.5, 0.6) is 0 Å². The van der Waals surface area contributed by atoms with Gasteiger partial charge in [-0.1, -0.05) is 30.3 Å². The van der Waals surface area contributed by atoms with Crippen molar-refractivity contribution in [3.63, 3.8) is 0 Å². The van der Waals surface area contributed by atoms with E-state index in [-0.39, 0.29) is 25.3 Å². The Labute approximate surface area is 113 Å². The molecule has 1 aliphatic rings. The van der Waals surface area contributed by atoms with Crippen LogP contribution < -0.4 is 10.6 Å². The van der Waals surface area contributed by atoms with Crippen LogP contribution in [0, 0.1) is 0 Å². The van der Waals surface area contributed by atoms with Crippen molar-refractivity contribution in [1.29, 1.82) is 0 Å². The van der Waals surface area contributed by atoms with E-state index in [1.807, 2.05) is 30.3 Å². The highest BCUT2D eigenvalue weighted by atomic mass is 16.5. The van der Waals surface area contributed by atoms with E-state index in [1.54, 1.807) is 0 Å². The maximum atomic E-state index is 11.7. The average Bonchev–Trinajstić information content (AvgIpc) is 2.85. The molecule has 1 fully saturated rings. The first-order valence-corrected chi connectivity index (χ1v) is 6.61. The molecule has 5 nitrogen and oxygen atoms in total. The summed E-state index contributed by atoms with van der Waals surface area (Å²) < 4.78 is 5.18. The average molecular weight is 264 g/mol. The van der Waals surface area contributed by atoms with Crippen LogP contribution in [0.2, 0.25) is 0 Å². The van der Waals surface area contributed by atoms with E-state index in [4.69, 9.17) is 9.84 Å². The van der Waals surface area contributed by atoms with Gasteiger partial charge in [0.15, 0.2) is 0 Å². The maximum absolute atomic E-state index is 11.7. The van der Waals surface area contributed by atoms with Crippen molar-refractivity contribution < 1.29 is 14.6 Å². The van der Waals surface area contributed by atoms with Crippen molar-refractivity contribution in [2.24, 2.45) is 0 Å². The summed E-state index contributed by atoms with van der Waals surface area (Å²) >= 11 is 0. The topological polar surface area (TPSA) is 70.6 Å². The fraction of sp³-hybridized carbons (Fsp3) is 0.500. The first kappa shape index (κ1) is 13.8. The van der Waals surface area contributed by atoms with Crippen LogP contribution in [0.4, 0.5) is 4.79 Å². The number of carbonyl (C=O) groups is 1. The molecule has 3 N–H and O–H groups in total. The van der Waals surface area contributed by atoms with Crippen molar-refractivity contribution in [2.45, 2.75) is 31.5 Å². The lowest BCUT2D eigenvalue weighted by molar-refractivity contribution is 0.133. The summed E-state index contributed by atoms with van der Waals surface area (Å²) in [5.41, 5.74) is 0.967. The van der Waals surface area contributed by atoms with Gasteiger partial charge in [0.25, 0.3) is 0 Å². The molecule has 2 rings (SSSR count). The highest BCUT2D eigenvalue weighted by Gasteiger charge is 2.27. The molecule has 0 spiro atoms. The third kappa shape index (κ3) is 4.22. The van der Waals surface area contributed by atoms with Gasteiger partial charge < -0.3 is 20.5 Å². The van der Waals surface area contributed by atoms with Crippen LogP contribution in [0.1, 0.15) is 18.4 Å². The lowest BCUT2D eigenvalue weighted by Crippen LogP contribution is -2.44. The summed E-state index contributed by atoms with van der Waals surface area (Å²) in [6, 6.07) is 9.75. The molecule has 0 unspecified atom stereocenters. The van der Waals surface area contributed by atoms with Crippen LogP contribution in [0.15, 0.2) is 30.3 Å². The molecule has 104 valence electrons. The monoisotopic (exact) mass is 264 g/mol. The van der Waals surface area contributed by atoms with Crippen LogP contribution in [0.3, 0.4) is 0 Å². The van der Waals surface area contributed by atoms with Crippen molar-refractivity contribution >= 4 is 6.09 Å². The quantitative estimate of drug-likeness (QED) is 0.743. The van der Waals surface area contributed by atoms with Crippen LogP contribution in [-0.2, 0) is 11.3 Å². The molecule has 2 atom stereocenters. The van der Waals surface area contributed by atoms with Gasteiger partial charge in [-0.3, -0.25) is 0 Å². The van der Waals surface area contributed by atoms with E-state index >= 15 is 0 Å². The number of nitrogens with one attached hydrogen (secondary N) is 2. The zero-order valence-electron chi connectivity index (χ0n) is 10.8. The van der Waals surface area contributed by atoms with Gasteiger partial charge in [0.1, 0.15) is 6.61 Å². The van der Waals surface area contributed by atoms with E-state index in [0.29, 0.717) is 6.42 Å². The number of ether oxygens (including phenoxy) is 1. The minimum Gasteiger partial charge on any atom is -0.445 e. The molecule has 0 bridgehead atoms. The molecule has 1 saturated heterocycles. The van der Waals surface area contributed by atoms with Gasteiger partial charge >= 0.3 is 6.09 Å². The largest absolute Gasteiger partial charge is 0.445 e.